The van der Waals surface area contributed by atoms with Gasteiger partial charge in [-0.25, -0.2) is 8.42 Å². The first-order valence-electron chi connectivity index (χ1n) is 5.79. The average molecular weight is 276 g/mol. The first-order chi connectivity index (χ1) is 8.52. The maximum Gasteiger partial charge on any atom is 0.246 e. The van der Waals surface area contributed by atoms with Crippen molar-refractivity contribution in [2.24, 2.45) is 5.73 Å². The SMILES string of the molecule is CCOCCN(C)S(=O)(=O)c1cnn(CCN)c1. The van der Waals surface area contributed by atoms with Crippen molar-refractivity contribution in [3.05, 3.63) is 12.4 Å². The number of rotatable bonds is 8. The Morgan fingerprint density at radius 1 is 1.56 bits per heavy atom. The number of nitrogens with two attached hydrogens (primary N) is 1. The van der Waals surface area contributed by atoms with Gasteiger partial charge in [0.15, 0.2) is 0 Å². The Morgan fingerprint density at radius 3 is 2.89 bits per heavy atom. The van der Waals surface area contributed by atoms with Crippen LogP contribution in [0.1, 0.15) is 6.92 Å². The Kier molecular flexibility index (Phi) is 5.73. The number of likely N-dealkylation sites (N-methyl/N-ethyl adjacent to an activating group) is 1. The molecular formula is C10H20N4O3S. The van der Waals surface area contributed by atoms with Gasteiger partial charge < -0.3 is 10.5 Å². The van der Waals surface area contributed by atoms with Crippen LogP contribution in [0.2, 0.25) is 0 Å². The second kappa shape index (κ2) is 6.83. The summed E-state index contributed by atoms with van der Waals surface area (Å²) in [5.41, 5.74) is 5.38. The summed E-state index contributed by atoms with van der Waals surface area (Å²) in [5, 5.41) is 3.95. The molecule has 18 heavy (non-hydrogen) atoms. The summed E-state index contributed by atoms with van der Waals surface area (Å²) >= 11 is 0. The maximum absolute atomic E-state index is 12.1. The van der Waals surface area contributed by atoms with E-state index in [1.54, 1.807) is 0 Å². The minimum absolute atomic E-state index is 0.176. The molecule has 7 nitrogen and oxygen atoms in total. The summed E-state index contributed by atoms with van der Waals surface area (Å²) in [4.78, 5) is 0.176. The van der Waals surface area contributed by atoms with Crippen LogP contribution in [0.4, 0.5) is 0 Å². The lowest BCUT2D eigenvalue weighted by atomic mass is 10.6. The quantitative estimate of drug-likeness (QED) is 0.646. The van der Waals surface area contributed by atoms with E-state index in [2.05, 4.69) is 5.10 Å². The standard InChI is InChI=1S/C10H20N4O3S/c1-3-17-7-6-13(2)18(15,16)10-8-12-14(9-10)5-4-11/h8-9H,3-7,11H2,1-2H3. The summed E-state index contributed by atoms with van der Waals surface area (Å²) < 4.78 is 32.2. The molecule has 0 saturated carbocycles. The molecule has 0 unspecified atom stereocenters. The lowest BCUT2D eigenvalue weighted by Crippen LogP contribution is -2.30. The van der Waals surface area contributed by atoms with E-state index in [0.717, 1.165) is 0 Å². The van der Waals surface area contributed by atoms with E-state index in [-0.39, 0.29) is 4.90 Å². The van der Waals surface area contributed by atoms with E-state index in [9.17, 15) is 8.42 Å². The van der Waals surface area contributed by atoms with Crippen molar-refractivity contribution in [3.63, 3.8) is 0 Å². The van der Waals surface area contributed by atoms with Crippen molar-refractivity contribution in [2.45, 2.75) is 18.4 Å². The zero-order valence-electron chi connectivity index (χ0n) is 10.7. The third-order valence-corrected chi connectivity index (χ3v) is 4.24. The highest BCUT2D eigenvalue weighted by Crippen LogP contribution is 2.12. The highest BCUT2D eigenvalue weighted by Gasteiger charge is 2.22. The molecule has 0 aliphatic carbocycles. The molecule has 0 aliphatic rings. The molecule has 0 spiro atoms. The van der Waals surface area contributed by atoms with Gasteiger partial charge in [0.25, 0.3) is 0 Å². The van der Waals surface area contributed by atoms with Gasteiger partial charge in [0.05, 0.1) is 19.3 Å². The Bertz CT molecular complexity index is 457. The third-order valence-electron chi connectivity index (χ3n) is 2.43. The fourth-order valence-electron chi connectivity index (χ4n) is 1.37. The molecule has 0 fully saturated rings. The van der Waals surface area contributed by atoms with Gasteiger partial charge in [0, 0.05) is 32.9 Å². The fourth-order valence-corrected chi connectivity index (χ4v) is 2.48. The Balaban J connectivity index is 2.71. The largest absolute Gasteiger partial charge is 0.380 e. The van der Waals surface area contributed by atoms with Gasteiger partial charge >= 0.3 is 0 Å². The molecule has 0 bridgehead atoms. The molecule has 2 N–H and O–H groups in total. The van der Waals surface area contributed by atoms with E-state index in [1.165, 1.54) is 28.4 Å². The number of ether oxygens (including phenoxy) is 1. The molecule has 0 aromatic carbocycles. The van der Waals surface area contributed by atoms with E-state index in [1.807, 2.05) is 6.92 Å². The van der Waals surface area contributed by atoms with Crippen molar-refractivity contribution in [2.75, 3.05) is 33.4 Å². The van der Waals surface area contributed by atoms with Gasteiger partial charge in [0.1, 0.15) is 4.90 Å². The Morgan fingerprint density at radius 2 is 2.28 bits per heavy atom. The van der Waals surface area contributed by atoms with Crippen LogP contribution in [0.15, 0.2) is 17.3 Å². The predicted molar refractivity (Wildman–Crippen MR) is 67.6 cm³/mol. The van der Waals surface area contributed by atoms with Crippen LogP contribution < -0.4 is 5.73 Å². The van der Waals surface area contributed by atoms with Gasteiger partial charge in [-0.15, -0.1) is 0 Å². The molecule has 0 saturated heterocycles. The summed E-state index contributed by atoms with van der Waals surface area (Å²) in [6.45, 7) is 4.05. The van der Waals surface area contributed by atoms with Gasteiger partial charge in [-0.05, 0) is 6.92 Å². The van der Waals surface area contributed by atoms with Crippen molar-refractivity contribution in [3.8, 4) is 0 Å². The third kappa shape index (κ3) is 3.77. The highest BCUT2D eigenvalue weighted by molar-refractivity contribution is 7.89. The van der Waals surface area contributed by atoms with Gasteiger partial charge in [-0.2, -0.15) is 9.40 Å². The molecule has 1 aromatic rings. The number of aromatic nitrogens is 2. The van der Waals surface area contributed by atoms with Crippen LogP contribution in [0.25, 0.3) is 0 Å². The number of sulfonamides is 1. The van der Waals surface area contributed by atoms with Gasteiger partial charge in [0.2, 0.25) is 10.0 Å². The molecule has 0 radical (unpaired) electrons. The second-order valence-corrected chi connectivity index (χ2v) is 5.80. The highest BCUT2D eigenvalue weighted by atomic mass is 32.2. The van der Waals surface area contributed by atoms with E-state index < -0.39 is 10.0 Å². The molecule has 1 rings (SSSR count). The molecule has 1 aromatic heterocycles. The smallest absolute Gasteiger partial charge is 0.246 e. The first-order valence-corrected chi connectivity index (χ1v) is 7.23. The lowest BCUT2D eigenvalue weighted by Gasteiger charge is -2.15. The van der Waals surface area contributed by atoms with E-state index in [0.29, 0.717) is 32.8 Å². The van der Waals surface area contributed by atoms with E-state index >= 15 is 0 Å². The van der Waals surface area contributed by atoms with E-state index in [4.69, 9.17) is 10.5 Å². The number of nitrogens with zero attached hydrogens (tertiary/aromatic N) is 3. The molecule has 1 heterocycles. The van der Waals surface area contributed by atoms with Crippen molar-refractivity contribution >= 4 is 10.0 Å². The van der Waals surface area contributed by atoms with Crippen LogP contribution in [0.5, 0.6) is 0 Å². The van der Waals surface area contributed by atoms with Crippen LogP contribution >= 0.6 is 0 Å². The molecular weight excluding hydrogens is 256 g/mol. The average Bonchev–Trinajstić information content (AvgIpc) is 2.79. The molecule has 0 atom stereocenters. The van der Waals surface area contributed by atoms with Crippen LogP contribution in [0, 0.1) is 0 Å². The summed E-state index contributed by atoms with van der Waals surface area (Å²) in [6, 6.07) is 0. The monoisotopic (exact) mass is 276 g/mol. The zero-order chi connectivity index (χ0) is 13.6. The lowest BCUT2D eigenvalue weighted by molar-refractivity contribution is 0.138. The molecule has 8 heteroatoms. The molecule has 0 amide bonds. The van der Waals surface area contributed by atoms with Crippen molar-refractivity contribution < 1.29 is 13.2 Å². The normalized spacial score (nSPS) is 12.2. The van der Waals surface area contributed by atoms with Gasteiger partial charge in [-0.3, -0.25) is 4.68 Å². The number of hydrogen-bond acceptors (Lipinski definition) is 5. The van der Waals surface area contributed by atoms with Gasteiger partial charge in [-0.1, -0.05) is 0 Å². The summed E-state index contributed by atoms with van der Waals surface area (Å²) in [6.07, 6.45) is 2.82. The minimum atomic E-state index is -3.49. The summed E-state index contributed by atoms with van der Waals surface area (Å²) in [7, 11) is -1.97. The minimum Gasteiger partial charge on any atom is -0.380 e. The first kappa shape index (κ1) is 15.1. The topological polar surface area (TPSA) is 90.5 Å². The Labute approximate surface area is 108 Å². The second-order valence-electron chi connectivity index (χ2n) is 3.75. The zero-order valence-corrected chi connectivity index (χ0v) is 11.6. The Hall–Kier alpha value is -0.960. The number of hydrogen-bond donors (Lipinski definition) is 1. The summed E-state index contributed by atoms with van der Waals surface area (Å²) in [5.74, 6) is 0. The van der Waals surface area contributed by atoms with Crippen LogP contribution in [0.3, 0.4) is 0 Å². The van der Waals surface area contributed by atoms with Crippen molar-refractivity contribution in [1.82, 2.24) is 14.1 Å². The molecule has 104 valence electrons. The van der Waals surface area contributed by atoms with Crippen molar-refractivity contribution in [1.29, 1.82) is 0 Å². The fraction of sp³-hybridized carbons (Fsp3) is 0.700. The predicted octanol–water partition coefficient (Wildman–Crippen LogP) is -0.501. The molecule has 0 aliphatic heterocycles. The van der Waals surface area contributed by atoms with Crippen LogP contribution in [-0.4, -0.2) is 55.9 Å². The van der Waals surface area contributed by atoms with Crippen LogP contribution in [-0.2, 0) is 21.3 Å². The maximum atomic E-state index is 12.1.